The Hall–Kier alpha value is -1.88. The molecule has 2 saturated carbocycles. The number of aromatic hydroxyl groups is 1. The Morgan fingerprint density at radius 2 is 1.39 bits per heavy atom. The second-order valence-electron chi connectivity index (χ2n) is 11.2. The predicted molar refractivity (Wildman–Crippen MR) is 122 cm³/mol. The van der Waals surface area contributed by atoms with Gasteiger partial charge in [0.05, 0.1) is 17.6 Å². The zero-order chi connectivity index (χ0) is 22.4. The lowest BCUT2D eigenvalue weighted by atomic mass is 9.71. The predicted octanol–water partition coefficient (Wildman–Crippen LogP) is 4.86. The molecule has 0 radical (unpaired) electrons. The van der Waals surface area contributed by atoms with Crippen molar-refractivity contribution in [1.82, 2.24) is 10.2 Å². The lowest BCUT2D eigenvalue weighted by Gasteiger charge is -2.53. The summed E-state index contributed by atoms with van der Waals surface area (Å²) in [7, 11) is 0. The van der Waals surface area contributed by atoms with Crippen molar-refractivity contribution in [3.63, 3.8) is 0 Å². The molecule has 31 heavy (non-hydrogen) atoms. The number of phenols is 1. The molecular formula is C26H38N2O3. The van der Waals surface area contributed by atoms with Crippen LogP contribution < -0.4 is 5.32 Å². The van der Waals surface area contributed by atoms with Crippen LogP contribution in [0.2, 0.25) is 0 Å². The summed E-state index contributed by atoms with van der Waals surface area (Å²) in [6, 6.07) is 3.90. The van der Waals surface area contributed by atoms with Crippen molar-refractivity contribution in [3.05, 3.63) is 28.8 Å². The van der Waals surface area contributed by atoms with E-state index >= 15 is 0 Å². The summed E-state index contributed by atoms with van der Waals surface area (Å²) in [5, 5.41) is 14.3. The van der Waals surface area contributed by atoms with E-state index in [1.165, 1.54) is 0 Å². The van der Waals surface area contributed by atoms with Gasteiger partial charge in [0, 0.05) is 0 Å². The maximum atomic E-state index is 13.8. The van der Waals surface area contributed by atoms with Gasteiger partial charge >= 0.3 is 0 Å². The summed E-state index contributed by atoms with van der Waals surface area (Å²) in [5.74, 6) is 0.217. The molecule has 3 aliphatic rings. The van der Waals surface area contributed by atoms with Gasteiger partial charge < -0.3 is 5.11 Å². The highest BCUT2D eigenvalue weighted by Crippen LogP contribution is 2.42. The molecule has 3 fully saturated rings. The fourth-order valence-corrected chi connectivity index (χ4v) is 6.01. The largest absolute Gasteiger partial charge is 0.507 e. The highest BCUT2D eigenvalue weighted by atomic mass is 16.3. The molecule has 2 spiro atoms. The maximum Gasteiger partial charge on any atom is 0.249 e. The zero-order valence-corrected chi connectivity index (χ0v) is 19.6. The number of hydrogen-bond donors (Lipinski definition) is 2. The Morgan fingerprint density at radius 3 is 1.84 bits per heavy atom. The second kappa shape index (κ2) is 7.91. The topological polar surface area (TPSA) is 69.6 Å². The van der Waals surface area contributed by atoms with Crippen LogP contribution in [0.4, 0.5) is 0 Å². The van der Waals surface area contributed by atoms with Crippen molar-refractivity contribution in [2.75, 3.05) is 0 Å². The average molecular weight is 427 g/mol. The fourth-order valence-electron chi connectivity index (χ4n) is 6.01. The first-order valence-corrected chi connectivity index (χ1v) is 12.1. The van der Waals surface area contributed by atoms with Crippen molar-refractivity contribution >= 4 is 11.8 Å². The fraction of sp³-hybridized carbons (Fsp3) is 0.692. The monoisotopic (exact) mass is 426 g/mol. The van der Waals surface area contributed by atoms with Crippen molar-refractivity contribution in [3.8, 4) is 5.75 Å². The van der Waals surface area contributed by atoms with E-state index in [9.17, 15) is 14.7 Å². The van der Waals surface area contributed by atoms with Crippen molar-refractivity contribution < 1.29 is 14.7 Å². The Bertz CT molecular complexity index is 835. The first kappa shape index (κ1) is 22.3. The van der Waals surface area contributed by atoms with Gasteiger partial charge in [-0.25, -0.2) is 0 Å². The third kappa shape index (κ3) is 3.90. The van der Waals surface area contributed by atoms with Crippen LogP contribution in [0.1, 0.15) is 102 Å². The molecule has 0 unspecified atom stereocenters. The van der Waals surface area contributed by atoms with E-state index in [1.807, 2.05) is 19.1 Å². The van der Waals surface area contributed by atoms with Crippen LogP contribution >= 0.6 is 0 Å². The molecule has 1 aromatic carbocycles. The molecule has 0 aromatic heterocycles. The summed E-state index contributed by atoms with van der Waals surface area (Å²) in [6.45, 7) is 8.38. The van der Waals surface area contributed by atoms with Gasteiger partial charge in [0.2, 0.25) is 11.8 Å². The summed E-state index contributed by atoms with van der Waals surface area (Å²) in [6.07, 6.45) is 9.71. The summed E-state index contributed by atoms with van der Waals surface area (Å²) in [5.41, 5.74) is 1.15. The number of phenolic OH excluding ortho intramolecular Hbond substituents is 1. The van der Waals surface area contributed by atoms with Crippen LogP contribution in [0.5, 0.6) is 5.75 Å². The Labute approximate surface area is 186 Å². The van der Waals surface area contributed by atoms with Crippen LogP contribution in [0.15, 0.2) is 12.1 Å². The molecule has 1 heterocycles. The highest BCUT2D eigenvalue weighted by Gasteiger charge is 2.57. The molecule has 0 atom stereocenters. The SMILES string of the molecule is Cc1cc(CN2C(=O)C3(CCCCC3)NC3(CCCCC3)C2=O)cc(C(C)(C)C)c1O. The van der Waals surface area contributed by atoms with Gasteiger partial charge in [-0.3, -0.25) is 19.8 Å². The molecule has 0 bridgehead atoms. The van der Waals surface area contributed by atoms with E-state index in [-0.39, 0.29) is 23.8 Å². The van der Waals surface area contributed by atoms with Gasteiger partial charge in [-0.1, -0.05) is 65.4 Å². The van der Waals surface area contributed by atoms with Gasteiger partial charge in [-0.2, -0.15) is 0 Å². The number of nitrogens with one attached hydrogen (secondary N) is 1. The minimum atomic E-state index is -0.595. The molecule has 2 amide bonds. The maximum absolute atomic E-state index is 13.8. The number of rotatable bonds is 2. The molecule has 1 aromatic rings. The number of imide groups is 1. The summed E-state index contributed by atoms with van der Waals surface area (Å²) in [4.78, 5) is 29.1. The molecular weight excluding hydrogens is 388 g/mol. The number of piperazine rings is 1. The van der Waals surface area contributed by atoms with Gasteiger partial charge in [0.25, 0.3) is 0 Å². The standard InChI is InChI=1S/C26H38N2O3/c1-18-15-19(16-20(21(18)29)24(2,3)4)17-28-22(30)25(11-7-5-8-12-25)27-26(23(28)31)13-9-6-10-14-26/h15-16,27,29H,5-14,17H2,1-4H3. The number of carbonyl (C=O) groups is 2. The Kier molecular flexibility index (Phi) is 5.70. The second-order valence-corrected chi connectivity index (χ2v) is 11.2. The number of benzene rings is 1. The number of carbonyl (C=O) groups excluding carboxylic acids is 2. The summed E-state index contributed by atoms with van der Waals surface area (Å²) < 4.78 is 0. The van der Waals surface area contributed by atoms with Crippen LogP contribution in [-0.4, -0.2) is 32.9 Å². The molecule has 2 aliphatic carbocycles. The molecule has 170 valence electrons. The zero-order valence-electron chi connectivity index (χ0n) is 19.6. The van der Waals surface area contributed by atoms with Crippen molar-refractivity contribution in [1.29, 1.82) is 0 Å². The van der Waals surface area contributed by atoms with Crippen molar-refractivity contribution in [2.24, 2.45) is 0 Å². The van der Waals surface area contributed by atoms with E-state index in [0.717, 1.165) is 80.9 Å². The minimum absolute atomic E-state index is 0.0450. The molecule has 1 aliphatic heterocycles. The van der Waals surface area contributed by atoms with Crippen LogP contribution in [0.3, 0.4) is 0 Å². The summed E-state index contributed by atoms with van der Waals surface area (Å²) >= 11 is 0. The van der Waals surface area contributed by atoms with Crippen LogP contribution in [-0.2, 0) is 21.5 Å². The highest BCUT2D eigenvalue weighted by molar-refractivity contribution is 6.07. The van der Waals surface area contributed by atoms with Gasteiger partial charge in [0.15, 0.2) is 0 Å². The van der Waals surface area contributed by atoms with E-state index in [4.69, 9.17) is 0 Å². The van der Waals surface area contributed by atoms with Gasteiger partial charge in [-0.15, -0.1) is 0 Å². The Balaban J connectivity index is 1.73. The Morgan fingerprint density at radius 1 is 0.903 bits per heavy atom. The lowest BCUT2D eigenvalue weighted by Crippen LogP contribution is -2.76. The third-order valence-electron chi connectivity index (χ3n) is 7.71. The van der Waals surface area contributed by atoms with Gasteiger partial charge in [0.1, 0.15) is 5.75 Å². The quantitative estimate of drug-likeness (QED) is 0.663. The first-order valence-electron chi connectivity index (χ1n) is 12.1. The number of amides is 2. The molecule has 1 saturated heterocycles. The average Bonchev–Trinajstić information content (AvgIpc) is 2.73. The van der Waals surface area contributed by atoms with Gasteiger partial charge in [-0.05, 0) is 60.8 Å². The van der Waals surface area contributed by atoms with E-state index < -0.39 is 11.1 Å². The number of hydrogen-bond acceptors (Lipinski definition) is 4. The van der Waals surface area contributed by atoms with E-state index in [2.05, 4.69) is 26.1 Å². The first-order chi connectivity index (χ1) is 14.6. The molecule has 5 nitrogen and oxygen atoms in total. The van der Waals surface area contributed by atoms with Crippen molar-refractivity contribution in [2.45, 2.75) is 115 Å². The van der Waals surface area contributed by atoms with Crippen LogP contribution in [0.25, 0.3) is 0 Å². The smallest absolute Gasteiger partial charge is 0.249 e. The normalized spacial score (nSPS) is 23.5. The minimum Gasteiger partial charge on any atom is -0.507 e. The van der Waals surface area contributed by atoms with E-state index in [0.29, 0.717) is 5.75 Å². The molecule has 5 heteroatoms. The number of aryl methyl sites for hydroxylation is 1. The molecule has 2 N–H and O–H groups in total. The lowest BCUT2D eigenvalue weighted by molar-refractivity contribution is -0.165. The number of nitrogens with zero attached hydrogens (tertiary/aromatic N) is 1. The van der Waals surface area contributed by atoms with Crippen LogP contribution in [0, 0.1) is 6.92 Å². The molecule has 4 rings (SSSR count). The third-order valence-corrected chi connectivity index (χ3v) is 7.71. The van der Waals surface area contributed by atoms with E-state index in [1.54, 1.807) is 4.90 Å².